The Labute approximate surface area is 94.2 Å². The maximum atomic E-state index is 5.19. The first-order chi connectivity index (χ1) is 6.94. The van der Waals surface area contributed by atoms with Crippen LogP contribution in [0.4, 0.5) is 0 Å². The van der Waals surface area contributed by atoms with Gasteiger partial charge in [-0.15, -0.1) is 0 Å². The van der Waals surface area contributed by atoms with Crippen molar-refractivity contribution in [1.82, 2.24) is 10.2 Å². The zero-order valence-corrected chi connectivity index (χ0v) is 10.8. The van der Waals surface area contributed by atoms with Gasteiger partial charge in [0.15, 0.2) is 0 Å². The van der Waals surface area contributed by atoms with Crippen LogP contribution in [0.25, 0.3) is 0 Å². The number of piperazine rings is 1. The minimum Gasteiger partial charge on any atom is -0.384 e. The molecule has 1 rings (SSSR count). The van der Waals surface area contributed by atoms with E-state index in [0.717, 1.165) is 26.2 Å². The predicted molar refractivity (Wildman–Crippen MR) is 64.2 cm³/mol. The second-order valence-electron chi connectivity index (χ2n) is 5.60. The van der Waals surface area contributed by atoms with Crippen LogP contribution in [-0.4, -0.2) is 49.8 Å². The fourth-order valence-corrected chi connectivity index (χ4v) is 2.25. The molecule has 0 bridgehead atoms. The van der Waals surface area contributed by atoms with Crippen LogP contribution in [0, 0.1) is 5.92 Å². The highest BCUT2D eigenvalue weighted by atomic mass is 16.5. The number of rotatable bonds is 4. The number of nitrogens with one attached hydrogen (secondary N) is 1. The van der Waals surface area contributed by atoms with Gasteiger partial charge in [-0.2, -0.15) is 0 Å². The molecule has 1 N–H and O–H groups in total. The minimum atomic E-state index is 0.249. The van der Waals surface area contributed by atoms with E-state index in [1.807, 2.05) is 0 Å². The third-order valence-electron chi connectivity index (χ3n) is 3.10. The van der Waals surface area contributed by atoms with Gasteiger partial charge in [0.25, 0.3) is 0 Å². The fourth-order valence-electron chi connectivity index (χ4n) is 2.25. The van der Waals surface area contributed by atoms with E-state index in [0.29, 0.717) is 12.0 Å². The molecule has 0 aromatic heterocycles. The Hall–Kier alpha value is -0.120. The number of hydrogen-bond donors (Lipinski definition) is 1. The Morgan fingerprint density at radius 3 is 2.80 bits per heavy atom. The van der Waals surface area contributed by atoms with Crippen molar-refractivity contribution in [2.75, 3.05) is 33.4 Å². The van der Waals surface area contributed by atoms with Gasteiger partial charge < -0.3 is 10.1 Å². The minimum absolute atomic E-state index is 0.249. The first-order valence-electron chi connectivity index (χ1n) is 5.92. The van der Waals surface area contributed by atoms with Gasteiger partial charge in [0.2, 0.25) is 0 Å². The summed E-state index contributed by atoms with van der Waals surface area (Å²) in [5, 5.41) is 3.57. The van der Waals surface area contributed by atoms with Gasteiger partial charge in [-0.05, 0) is 26.7 Å². The molecule has 1 aliphatic heterocycles. The summed E-state index contributed by atoms with van der Waals surface area (Å²) in [5.41, 5.74) is 0.249. The molecule has 3 nitrogen and oxygen atoms in total. The zero-order chi connectivity index (χ0) is 11.5. The molecule has 2 atom stereocenters. The summed E-state index contributed by atoms with van der Waals surface area (Å²) in [5.74, 6) is 0.617. The van der Waals surface area contributed by atoms with Crippen molar-refractivity contribution in [2.45, 2.75) is 39.3 Å². The lowest BCUT2D eigenvalue weighted by atomic mass is 9.98. The molecule has 0 saturated carbocycles. The van der Waals surface area contributed by atoms with Gasteiger partial charge in [0.1, 0.15) is 0 Å². The van der Waals surface area contributed by atoms with Crippen LogP contribution in [0.5, 0.6) is 0 Å². The maximum absolute atomic E-state index is 5.19. The highest BCUT2D eigenvalue weighted by molar-refractivity contribution is 4.90. The van der Waals surface area contributed by atoms with E-state index in [1.54, 1.807) is 7.11 Å². The molecule has 90 valence electrons. The van der Waals surface area contributed by atoms with E-state index in [1.165, 1.54) is 0 Å². The first kappa shape index (κ1) is 12.9. The molecule has 0 aromatic carbocycles. The summed E-state index contributed by atoms with van der Waals surface area (Å²) < 4.78 is 5.19. The molecule has 2 unspecified atom stereocenters. The van der Waals surface area contributed by atoms with Crippen molar-refractivity contribution >= 4 is 0 Å². The van der Waals surface area contributed by atoms with Gasteiger partial charge in [-0.1, -0.05) is 6.92 Å². The van der Waals surface area contributed by atoms with Gasteiger partial charge in [0.05, 0.1) is 0 Å². The first-order valence-corrected chi connectivity index (χ1v) is 5.92. The Balaban J connectivity index is 2.44. The summed E-state index contributed by atoms with van der Waals surface area (Å²) >= 11 is 0. The Morgan fingerprint density at radius 2 is 2.20 bits per heavy atom. The molecule has 0 radical (unpaired) electrons. The largest absolute Gasteiger partial charge is 0.384 e. The third-order valence-corrected chi connectivity index (χ3v) is 3.10. The van der Waals surface area contributed by atoms with E-state index >= 15 is 0 Å². The van der Waals surface area contributed by atoms with E-state index in [2.05, 4.69) is 37.9 Å². The number of methoxy groups -OCH3 is 1. The van der Waals surface area contributed by atoms with Crippen LogP contribution in [-0.2, 0) is 4.74 Å². The number of hydrogen-bond acceptors (Lipinski definition) is 3. The van der Waals surface area contributed by atoms with Crippen molar-refractivity contribution in [3.05, 3.63) is 0 Å². The van der Waals surface area contributed by atoms with Gasteiger partial charge >= 0.3 is 0 Å². The molecule has 3 heteroatoms. The quantitative estimate of drug-likeness (QED) is 0.764. The highest BCUT2D eigenvalue weighted by Gasteiger charge is 2.30. The van der Waals surface area contributed by atoms with E-state index in [-0.39, 0.29) is 5.54 Å². The molecule has 0 aromatic rings. The van der Waals surface area contributed by atoms with Crippen molar-refractivity contribution in [3.63, 3.8) is 0 Å². The Kier molecular flexibility index (Phi) is 4.56. The van der Waals surface area contributed by atoms with E-state index in [4.69, 9.17) is 4.74 Å². The molecule has 15 heavy (non-hydrogen) atoms. The molecule has 1 fully saturated rings. The molecule has 0 aliphatic carbocycles. The molecule has 0 amide bonds. The Morgan fingerprint density at radius 1 is 1.53 bits per heavy atom. The van der Waals surface area contributed by atoms with Crippen LogP contribution in [0.1, 0.15) is 27.7 Å². The lowest BCUT2D eigenvalue weighted by Gasteiger charge is -2.44. The second kappa shape index (κ2) is 5.28. The van der Waals surface area contributed by atoms with Crippen LogP contribution in [0.3, 0.4) is 0 Å². The summed E-state index contributed by atoms with van der Waals surface area (Å²) in [6, 6.07) is 0.636. The number of ether oxygens (including phenoxy) is 1. The van der Waals surface area contributed by atoms with Crippen molar-refractivity contribution in [2.24, 2.45) is 5.92 Å². The maximum Gasteiger partial charge on any atom is 0.0500 e. The van der Waals surface area contributed by atoms with Crippen LogP contribution in [0.2, 0.25) is 0 Å². The lowest BCUT2D eigenvalue weighted by molar-refractivity contribution is 0.0675. The zero-order valence-electron chi connectivity index (χ0n) is 10.8. The summed E-state index contributed by atoms with van der Waals surface area (Å²) in [4.78, 5) is 2.57. The van der Waals surface area contributed by atoms with Crippen LogP contribution >= 0.6 is 0 Å². The highest BCUT2D eigenvalue weighted by Crippen LogP contribution is 2.16. The topological polar surface area (TPSA) is 24.5 Å². The lowest BCUT2D eigenvalue weighted by Crippen LogP contribution is -2.61. The normalized spacial score (nSPS) is 29.0. The third kappa shape index (κ3) is 4.09. The summed E-state index contributed by atoms with van der Waals surface area (Å²) in [6.07, 6.45) is 0. The van der Waals surface area contributed by atoms with Gasteiger partial charge in [-0.25, -0.2) is 0 Å². The predicted octanol–water partition coefficient (Wildman–Crippen LogP) is 1.34. The fraction of sp³-hybridized carbons (Fsp3) is 1.00. The van der Waals surface area contributed by atoms with Crippen molar-refractivity contribution in [3.8, 4) is 0 Å². The summed E-state index contributed by atoms with van der Waals surface area (Å²) in [6.45, 7) is 13.3. The monoisotopic (exact) mass is 214 g/mol. The molecule has 1 saturated heterocycles. The van der Waals surface area contributed by atoms with E-state index in [9.17, 15) is 0 Å². The van der Waals surface area contributed by atoms with Crippen LogP contribution in [0.15, 0.2) is 0 Å². The molecule has 0 spiro atoms. The van der Waals surface area contributed by atoms with Crippen molar-refractivity contribution < 1.29 is 4.74 Å². The SMILES string of the molecule is COCC(C)CN1CC(C)(C)NCC1C. The molecular formula is C12H26N2O. The number of nitrogens with zero attached hydrogens (tertiary/aromatic N) is 1. The standard InChI is InChI=1S/C12H26N2O/c1-10(8-15-5)7-14-9-12(3,4)13-6-11(14)2/h10-11,13H,6-9H2,1-5H3. The van der Waals surface area contributed by atoms with Gasteiger partial charge in [0, 0.05) is 44.9 Å². The van der Waals surface area contributed by atoms with Crippen LogP contribution < -0.4 is 5.32 Å². The molecule has 1 heterocycles. The molecular weight excluding hydrogens is 188 g/mol. The van der Waals surface area contributed by atoms with Crippen molar-refractivity contribution in [1.29, 1.82) is 0 Å². The second-order valence-corrected chi connectivity index (χ2v) is 5.60. The molecule has 1 aliphatic rings. The summed E-state index contributed by atoms with van der Waals surface area (Å²) in [7, 11) is 1.78. The van der Waals surface area contributed by atoms with Gasteiger partial charge in [-0.3, -0.25) is 4.90 Å². The average molecular weight is 214 g/mol. The smallest absolute Gasteiger partial charge is 0.0500 e. The average Bonchev–Trinajstić information content (AvgIpc) is 2.11. The Bertz CT molecular complexity index is 194. The van der Waals surface area contributed by atoms with E-state index < -0.39 is 0 Å².